The normalized spacial score (nSPS) is 10.0. The van der Waals surface area contributed by atoms with E-state index in [4.69, 9.17) is 5.73 Å². The molecule has 0 aromatic carbocycles. The van der Waals surface area contributed by atoms with Crippen molar-refractivity contribution < 1.29 is 0 Å². The summed E-state index contributed by atoms with van der Waals surface area (Å²) in [5.74, 6) is 0. The van der Waals surface area contributed by atoms with Crippen molar-refractivity contribution in [2.75, 3.05) is 0 Å². The zero-order valence-corrected chi connectivity index (χ0v) is 4.83. The summed E-state index contributed by atoms with van der Waals surface area (Å²) in [5.41, 5.74) is 5.18. The van der Waals surface area contributed by atoms with E-state index in [-0.39, 0.29) is 0 Å². The highest BCUT2D eigenvalue weighted by atomic mass is 32.1. The summed E-state index contributed by atoms with van der Waals surface area (Å²) in [5, 5.41) is 0.734. The summed E-state index contributed by atoms with van der Waals surface area (Å²) < 4.78 is 0. The second-order valence-electron chi connectivity index (χ2n) is 1.24. The van der Waals surface area contributed by atoms with Gasteiger partial charge >= 0.3 is 0 Å². The summed E-state index contributed by atoms with van der Waals surface area (Å²) in [6, 6.07) is 0. The quantitative estimate of drug-likeness (QED) is 0.505. The molecule has 2 N–H and O–H groups in total. The Bertz CT molecular complexity index is 28.7. The Morgan fingerprint density at radius 3 is 2.33 bits per heavy atom. The molecule has 1 radical (unpaired) electrons. The van der Waals surface area contributed by atoms with E-state index >= 15 is 0 Å². The van der Waals surface area contributed by atoms with Gasteiger partial charge in [-0.25, -0.2) is 0 Å². The average molecular weight is 104 g/mol. The molecule has 0 aromatic rings. The molecule has 0 rings (SSSR count). The van der Waals surface area contributed by atoms with Crippen molar-refractivity contribution in [1.82, 2.24) is 0 Å². The lowest BCUT2D eigenvalue weighted by Crippen LogP contribution is -1.99. The van der Waals surface area contributed by atoms with Gasteiger partial charge in [0.1, 0.15) is 0 Å². The summed E-state index contributed by atoms with van der Waals surface area (Å²) in [6.07, 6.45) is 2.03. The van der Waals surface area contributed by atoms with E-state index in [2.05, 4.69) is 19.6 Å². The number of rotatable bonds is 2. The fourth-order valence-electron chi connectivity index (χ4n) is 0.256. The Balaban J connectivity index is 2.63. The largest absolute Gasteiger partial charge is 0.315 e. The van der Waals surface area contributed by atoms with Crippen molar-refractivity contribution in [2.24, 2.45) is 5.73 Å². The molecular formula is C4H10NS. The molecule has 6 heavy (non-hydrogen) atoms. The minimum Gasteiger partial charge on any atom is -0.315 e. The Morgan fingerprint density at radius 1 is 1.83 bits per heavy atom. The molecule has 0 atom stereocenters. The molecule has 1 nitrogen and oxygen atoms in total. The number of hydrogen-bond acceptors (Lipinski definition) is 2. The minimum absolute atomic E-state index is 0.734. The van der Waals surface area contributed by atoms with Gasteiger partial charge in [0.15, 0.2) is 0 Å². The van der Waals surface area contributed by atoms with Crippen molar-refractivity contribution in [2.45, 2.75) is 19.8 Å². The lowest BCUT2D eigenvalue weighted by atomic mass is 10.3. The van der Waals surface area contributed by atoms with Crippen LogP contribution in [0.25, 0.3) is 0 Å². The van der Waals surface area contributed by atoms with Crippen LogP contribution in [0.3, 0.4) is 0 Å². The van der Waals surface area contributed by atoms with Crippen LogP contribution in [0, 0.1) is 5.37 Å². The Labute approximate surface area is 44.3 Å². The minimum atomic E-state index is 0.734. The standard InChI is InChI=1S/C4H10NS/c1-2-3-4(5)6/h6H,2-3,5H2,1H3. The van der Waals surface area contributed by atoms with Crippen molar-refractivity contribution in [3.05, 3.63) is 5.37 Å². The average Bonchev–Trinajstić information content (AvgIpc) is 1.35. The van der Waals surface area contributed by atoms with Gasteiger partial charge in [0.2, 0.25) is 0 Å². The van der Waals surface area contributed by atoms with Crippen LogP contribution in [0.2, 0.25) is 0 Å². The van der Waals surface area contributed by atoms with E-state index in [1.165, 1.54) is 0 Å². The fraction of sp³-hybridized carbons (Fsp3) is 0.750. The number of nitrogens with two attached hydrogens (primary N) is 1. The first-order valence-electron chi connectivity index (χ1n) is 2.07. The van der Waals surface area contributed by atoms with Crippen LogP contribution in [-0.4, -0.2) is 0 Å². The molecule has 0 unspecified atom stereocenters. The van der Waals surface area contributed by atoms with E-state index in [1.54, 1.807) is 0 Å². The van der Waals surface area contributed by atoms with E-state index < -0.39 is 0 Å². The monoisotopic (exact) mass is 104 g/mol. The molecule has 0 saturated heterocycles. The van der Waals surface area contributed by atoms with Crippen LogP contribution >= 0.6 is 12.6 Å². The highest BCUT2D eigenvalue weighted by Gasteiger charge is 1.88. The van der Waals surface area contributed by atoms with Crippen LogP contribution in [-0.2, 0) is 0 Å². The summed E-state index contributed by atoms with van der Waals surface area (Å²) in [7, 11) is 0. The van der Waals surface area contributed by atoms with Gasteiger partial charge in [-0.1, -0.05) is 13.3 Å². The van der Waals surface area contributed by atoms with Crippen LogP contribution in [0.15, 0.2) is 0 Å². The zero-order chi connectivity index (χ0) is 4.99. The third-order valence-corrected chi connectivity index (χ3v) is 0.730. The maximum Gasteiger partial charge on any atom is 0.0865 e. The predicted molar refractivity (Wildman–Crippen MR) is 31.3 cm³/mol. The summed E-state index contributed by atoms with van der Waals surface area (Å²) in [4.78, 5) is 0. The first-order valence-corrected chi connectivity index (χ1v) is 2.52. The molecule has 0 spiro atoms. The van der Waals surface area contributed by atoms with Crippen molar-refractivity contribution in [3.63, 3.8) is 0 Å². The zero-order valence-electron chi connectivity index (χ0n) is 3.94. The van der Waals surface area contributed by atoms with E-state index in [0.717, 1.165) is 18.2 Å². The molecular weight excluding hydrogens is 94.1 g/mol. The molecule has 0 fully saturated rings. The molecule has 0 aliphatic heterocycles. The highest BCUT2D eigenvalue weighted by Crippen LogP contribution is 2.02. The molecule has 0 aromatic heterocycles. The third kappa shape index (κ3) is 4.31. The van der Waals surface area contributed by atoms with E-state index in [9.17, 15) is 0 Å². The lowest BCUT2D eigenvalue weighted by molar-refractivity contribution is 0.867. The van der Waals surface area contributed by atoms with Gasteiger partial charge in [-0.3, -0.25) is 0 Å². The Kier molecular flexibility index (Phi) is 3.68. The Morgan fingerprint density at radius 2 is 2.33 bits per heavy atom. The highest BCUT2D eigenvalue weighted by molar-refractivity contribution is 7.83. The Hall–Kier alpha value is 0.310. The SMILES string of the molecule is CCC[C](N)S. The molecule has 37 valence electrons. The maximum atomic E-state index is 5.18. The van der Waals surface area contributed by atoms with Gasteiger partial charge in [0.25, 0.3) is 0 Å². The van der Waals surface area contributed by atoms with Gasteiger partial charge in [0, 0.05) is 0 Å². The number of thiol groups is 1. The second-order valence-corrected chi connectivity index (χ2v) is 1.82. The predicted octanol–water partition coefficient (Wildman–Crippen LogP) is 1.16. The van der Waals surface area contributed by atoms with Gasteiger partial charge in [-0.15, -0.1) is 0 Å². The molecule has 0 heterocycles. The molecule has 0 bridgehead atoms. The molecule has 0 aliphatic rings. The van der Waals surface area contributed by atoms with Crippen LogP contribution in [0.1, 0.15) is 19.8 Å². The van der Waals surface area contributed by atoms with Gasteiger partial charge in [-0.2, -0.15) is 12.6 Å². The van der Waals surface area contributed by atoms with Crippen molar-refractivity contribution in [3.8, 4) is 0 Å². The van der Waals surface area contributed by atoms with Crippen molar-refractivity contribution in [1.29, 1.82) is 0 Å². The first kappa shape index (κ1) is 6.31. The van der Waals surface area contributed by atoms with Crippen LogP contribution in [0.4, 0.5) is 0 Å². The van der Waals surface area contributed by atoms with Crippen LogP contribution < -0.4 is 5.73 Å². The third-order valence-electron chi connectivity index (χ3n) is 0.506. The van der Waals surface area contributed by atoms with E-state index in [1.807, 2.05) is 0 Å². The maximum absolute atomic E-state index is 5.18. The van der Waals surface area contributed by atoms with Crippen LogP contribution in [0.5, 0.6) is 0 Å². The van der Waals surface area contributed by atoms with E-state index in [0.29, 0.717) is 0 Å². The van der Waals surface area contributed by atoms with Gasteiger partial charge in [0.05, 0.1) is 5.37 Å². The summed E-state index contributed by atoms with van der Waals surface area (Å²) in [6.45, 7) is 2.07. The van der Waals surface area contributed by atoms with Gasteiger partial charge < -0.3 is 5.73 Å². The molecule has 2 heteroatoms. The number of hydrogen-bond donors (Lipinski definition) is 2. The lowest BCUT2D eigenvalue weighted by Gasteiger charge is -1.94. The fourth-order valence-corrected chi connectivity index (χ4v) is 0.480. The smallest absolute Gasteiger partial charge is 0.0865 e. The molecule has 0 aliphatic carbocycles. The summed E-state index contributed by atoms with van der Waals surface area (Å²) >= 11 is 3.87. The second kappa shape index (κ2) is 3.50. The topological polar surface area (TPSA) is 26.0 Å². The first-order chi connectivity index (χ1) is 2.77. The van der Waals surface area contributed by atoms with Crippen molar-refractivity contribution >= 4 is 12.6 Å². The van der Waals surface area contributed by atoms with Gasteiger partial charge in [-0.05, 0) is 6.42 Å². The molecule has 0 saturated carbocycles. The molecule has 0 amide bonds.